The average Bonchev–Trinajstić information content (AvgIpc) is 2.15. The van der Waals surface area contributed by atoms with Crippen molar-refractivity contribution in [1.29, 1.82) is 0 Å². The molecule has 1 rings (SSSR count). The molecule has 0 aromatic heterocycles. The van der Waals surface area contributed by atoms with Crippen LogP contribution in [0, 0.1) is 11.6 Å². The van der Waals surface area contributed by atoms with Gasteiger partial charge in [0.25, 0.3) is 0 Å². The third-order valence-corrected chi connectivity index (χ3v) is 2.96. The van der Waals surface area contributed by atoms with E-state index in [1.54, 1.807) is 11.8 Å². The maximum atomic E-state index is 13.2. The molecule has 0 heterocycles. The molecule has 0 aliphatic heterocycles. The highest BCUT2D eigenvalue weighted by atomic mass is 35.5. The van der Waals surface area contributed by atoms with Gasteiger partial charge in [0.15, 0.2) is 5.82 Å². The second-order valence-electron chi connectivity index (χ2n) is 2.87. The molecule has 0 unspecified atom stereocenters. The summed E-state index contributed by atoms with van der Waals surface area (Å²) >= 11 is 7.44. The predicted octanol–water partition coefficient (Wildman–Crippen LogP) is 3.78. The van der Waals surface area contributed by atoms with Crippen LogP contribution in [0.25, 0.3) is 0 Å². The zero-order chi connectivity index (χ0) is 11.3. The first-order chi connectivity index (χ1) is 7.15. The number of thioether (sulfide) groups is 1. The van der Waals surface area contributed by atoms with E-state index < -0.39 is 11.6 Å². The van der Waals surface area contributed by atoms with Crippen LogP contribution < -0.4 is 5.32 Å². The van der Waals surface area contributed by atoms with Crippen molar-refractivity contribution in [3.05, 3.63) is 28.8 Å². The Labute approximate surface area is 97.2 Å². The lowest BCUT2D eigenvalue weighted by molar-refractivity contribution is 0.585. The van der Waals surface area contributed by atoms with Gasteiger partial charge in [-0.15, -0.1) is 0 Å². The normalized spacial score (nSPS) is 10.4. The molecule has 0 saturated heterocycles. The van der Waals surface area contributed by atoms with Crippen LogP contribution in [0.15, 0.2) is 12.1 Å². The minimum Gasteiger partial charge on any atom is -0.381 e. The van der Waals surface area contributed by atoms with E-state index in [-0.39, 0.29) is 10.7 Å². The molecule has 15 heavy (non-hydrogen) atoms. The van der Waals surface area contributed by atoms with Crippen molar-refractivity contribution < 1.29 is 8.78 Å². The van der Waals surface area contributed by atoms with Crippen molar-refractivity contribution in [2.75, 3.05) is 23.4 Å². The largest absolute Gasteiger partial charge is 0.381 e. The van der Waals surface area contributed by atoms with Gasteiger partial charge in [-0.2, -0.15) is 11.8 Å². The maximum Gasteiger partial charge on any atom is 0.150 e. The van der Waals surface area contributed by atoms with E-state index >= 15 is 0 Å². The van der Waals surface area contributed by atoms with Gasteiger partial charge in [0.05, 0.1) is 10.7 Å². The first kappa shape index (κ1) is 12.6. The minimum atomic E-state index is -0.661. The van der Waals surface area contributed by atoms with Crippen LogP contribution in [0.1, 0.15) is 6.92 Å². The van der Waals surface area contributed by atoms with Crippen LogP contribution in [-0.2, 0) is 0 Å². The summed E-state index contributed by atoms with van der Waals surface area (Å²) in [6.45, 7) is 2.66. The van der Waals surface area contributed by atoms with E-state index in [2.05, 4.69) is 12.2 Å². The summed E-state index contributed by atoms with van der Waals surface area (Å²) in [6.07, 6.45) is 0. The molecule has 5 heteroatoms. The van der Waals surface area contributed by atoms with Crippen LogP contribution in [0.4, 0.5) is 14.5 Å². The highest BCUT2D eigenvalue weighted by molar-refractivity contribution is 7.99. The summed E-state index contributed by atoms with van der Waals surface area (Å²) in [5.74, 6) is 0.567. The molecule has 0 atom stereocenters. The van der Waals surface area contributed by atoms with Crippen molar-refractivity contribution in [2.45, 2.75) is 6.92 Å². The molecule has 0 fully saturated rings. The van der Waals surface area contributed by atoms with Gasteiger partial charge >= 0.3 is 0 Å². The van der Waals surface area contributed by atoms with E-state index in [4.69, 9.17) is 11.6 Å². The first-order valence-electron chi connectivity index (χ1n) is 4.61. The van der Waals surface area contributed by atoms with Crippen LogP contribution in [0.5, 0.6) is 0 Å². The fourth-order valence-electron chi connectivity index (χ4n) is 1.10. The average molecular weight is 252 g/mol. The smallest absolute Gasteiger partial charge is 0.150 e. The molecule has 1 N–H and O–H groups in total. The molecule has 84 valence electrons. The molecular formula is C10H12ClF2NS. The van der Waals surface area contributed by atoms with Crippen molar-refractivity contribution >= 4 is 29.1 Å². The predicted molar refractivity (Wildman–Crippen MR) is 62.9 cm³/mol. The summed E-state index contributed by atoms with van der Waals surface area (Å²) < 4.78 is 25.9. The molecule has 0 amide bonds. The van der Waals surface area contributed by atoms with Gasteiger partial charge in [0.2, 0.25) is 0 Å². The molecular weight excluding hydrogens is 240 g/mol. The Morgan fingerprint density at radius 2 is 2.13 bits per heavy atom. The zero-order valence-corrected chi connectivity index (χ0v) is 9.89. The van der Waals surface area contributed by atoms with Gasteiger partial charge in [-0.3, -0.25) is 0 Å². The number of halogens is 3. The molecule has 0 aliphatic rings. The molecule has 1 aromatic rings. The molecule has 1 nitrogen and oxygen atoms in total. The number of hydrogen-bond donors (Lipinski definition) is 1. The number of nitrogens with one attached hydrogen (secondary N) is 1. The molecule has 0 spiro atoms. The Morgan fingerprint density at radius 3 is 2.73 bits per heavy atom. The fourth-order valence-corrected chi connectivity index (χ4v) is 1.90. The zero-order valence-electron chi connectivity index (χ0n) is 8.32. The summed E-state index contributed by atoms with van der Waals surface area (Å²) in [4.78, 5) is 0. The van der Waals surface area contributed by atoms with Gasteiger partial charge in [0.1, 0.15) is 5.82 Å². The van der Waals surface area contributed by atoms with Crippen LogP contribution in [0.2, 0.25) is 5.02 Å². The monoisotopic (exact) mass is 251 g/mol. The first-order valence-corrected chi connectivity index (χ1v) is 6.14. The Kier molecular flexibility index (Phi) is 5.19. The maximum absolute atomic E-state index is 13.2. The third-order valence-electron chi connectivity index (χ3n) is 1.76. The fraction of sp³-hybridized carbons (Fsp3) is 0.400. The number of anilines is 1. The van der Waals surface area contributed by atoms with Gasteiger partial charge in [-0.05, 0) is 11.8 Å². The van der Waals surface area contributed by atoms with E-state index in [0.29, 0.717) is 6.54 Å². The number of benzene rings is 1. The second kappa shape index (κ2) is 6.18. The lowest BCUT2D eigenvalue weighted by Gasteiger charge is -2.09. The van der Waals surface area contributed by atoms with Crippen LogP contribution in [-0.4, -0.2) is 18.1 Å². The van der Waals surface area contributed by atoms with Crippen molar-refractivity contribution in [1.82, 2.24) is 0 Å². The van der Waals surface area contributed by atoms with Gasteiger partial charge in [-0.25, -0.2) is 8.78 Å². The van der Waals surface area contributed by atoms with Crippen LogP contribution in [0.3, 0.4) is 0 Å². The highest BCUT2D eigenvalue weighted by Crippen LogP contribution is 2.26. The van der Waals surface area contributed by atoms with E-state index in [0.717, 1.165) is 23.6 Å². The third kappa shape index (κ3) is 3.87. The van der Waals surface area contributed by atoms with Crippen molar-refractivity contribution in [2.24, 2.45) is 0 Å². The van der Waals surface area contributed by atoms with E-state index in [1.807, 2.05) is 0 Å². The number of hydrogen-bond acceptors (Lipinski definition) is 2. The molecule has 0 bridgehead atoms. The summed E-state index contributed by atoms with van der Waals surface area (Å²) in [5.41, 5.74) is 0.176. The van der Waals surface area contributed by atoms with E-state index in [9.17, 15) is 8.78 Å². The summed E-state index contributed by atoms with van der Waals surface area (Å²) in [5, 5.41) is 2.93. The van der Waals surface area contributed by atoms with Crippen molar-refractivity contribution in [3.8, 4) is 0 Å². The van der Waals surface area contributed by atoms with Crippen LogP contribution >= 0.6 is 23.4 Å². The Balaban J connectivity index is 2.60. The highest BCUT2D eigenvalue weighted by Gasteiger charge is 2.08. The second-order valence-corrected chi connectivity index (χ2v) is 4.67. The quantitative estimate of drug-likeness (QED) is 0.800. The molecule has 0 saturated carbocycles. The Bertz CT molecular complexity index is 310. The van der Waals surface area contributed by atoms with Gasteiger partial charge < -0.3 is 5.32 Å². The van der Waals surface area contributed by atoms with Crippen molar-refractivity contribution in [3.63, 3.8) is 0 Å². The standard InChI is InChI=1S/C10H12ClF2NS/c1-2-15-4-3-14-10-8(11)5-7(12)6-9(10)13/h5-6,14H,2-4H2,1H3. The summed E-state index contributed by atoms with van der Waals surface area (Å²) in [7, 11) is 0. The molecule has 1 aromatic carbocycles. The van der Waals surface area contributed by atoms with E-state index in [1.165, 1.54) is 0 Å². The molecule has 0 aliphatic carbocycles. The topological polar surface area (TPSA) is 12.0 Å². The Hall–Kier alpha value is -0.480. The minimum absolute atomic E-state index is 0.0778. The lowest BCUT2D eigenvalue weighted by Crippen LogP contribution is -2.06. The molecule has 0 radical (unpaired) electrons. The van der Waals surface area contributed by atoms with Gasteiger partial charge in [-0.1, -0.05) is 18.5 Å². The lowest BCUT2D eigenvalue weighted by atomic mass is 10.3. The SMILES string of the molecule is CCSCCNc1c(F)cc(F)cc1Cl. The summed E-state index contributed by atoms with van der Waals surface area (Å²) in [6, 6.07) is 1.92. The number of rotatable bonds is 5. The van der Waals surface area contributed by atoms with Gasteiger partial charge in [0, 0.05) is 18.4 Å². The Morgan fingerprint density at radius 1 is 1.40 bits per heavy atom.